The van der Waals surface area contributed by atoms with Gasteiger partial charge in [0.05, 0.1) is 12.1 Å². The lowest BCUT2D eigenvalue weighted by molar-refractivity contribution is -0.136. The van der Waals surface area contributed by atoms with Crippen LogP contribution in [-0.2, 0) is 11.2 Å². The number of nitrogens with one attached hydrogen (secondary N) is 1. The summed E-state index contributed by atoms with van der Waals surface area (Å²) in [5, 5.41) is 15.1. The number of rotatable bonds is 5. The lowest BCUT2D eigenvalue weighted by atomic mass is 10.1. The fourth-order valence-corrected chi connectivity index (χ4v) is 2.20. The van der Waals surface area contributed by atoms with Gasteiger partial charge in [0, 0.05) is 11.6 Å². The maximum atomic E-state index is 13.8. The molecule has 0 atom stereocenters. The first-order valence-corrected chi connectivity index (χ1v) is 6.80. The third-order valence-electron chi connectivity index (χ3n) is 3.46. The number of carboxylic acids is 1. The van der Waals surface area contributed by atoms with Gasteiger partial charge in [-0.1, -0.05) is 11.2 Å². The molecule has 3 rings (SSSR count). The van der Waals surface area contributed by atoms with Crippen LogP contribution in [0.25, 0.3) is 0 Å². The average molecular weight is 304 g/mol. The summed E-state index contributed by atoms with van der Waals surface area (Å²) in [4.78, 5) is 22.8. The highest BCUT2D eigenvalue weighted by Crippen LogP contribution is 2.40. The van der Waals surface area contributed by atoms with E-state index in [9.17, 15) is 14.0 Å². The molecule has 0 radical (unpaired) electrons. The van der Waals surface area contributed by atoms with Gasteiger partial charge >= 0.3 is 5.97 Å². The van der Waals surface area contributed by atoms with Crippen LogP contribution < -0.4 is 5.32 Å². The van der Waals surface area contributed by atoms with E-state index in [0.29, 0.717) is 11.3 Å². The average Bonchev–Trinajstić information content (AvgIpc) is 3.18. The molecule has 2 N–H and O–H groups in total. The zero-order valence-corrected chi connectivity index (χ0v) is 11.5. The van der Waals surface area contributed by atoms with Crippen molar-refractivity contribution in [3.63, 3.8) is 0 Å². The topological polar surface area (TPSA) is 92.4 Å². The predicted molar refractivity (Wildman–Crippen MR) is 74.2 cm³/mol. The maximum absolute atomic E-state index is 13.8. The number of carbonyl (C=O) groups is 2. The van der Waals surface area contributed by atoms with Gasteiger partial charge in [0.25, 0.3) is 5.91 Å². The lowest BCUT2D eigenvalue weighted by Crippen LogP contribution is -2.13. The van der Waals surface area contributed by atoms with Crippen molar-refractivity contribution in [3.8, 4) is 0 Å². The van der Waals surface area contributed by atoms with Crippen LogP contribution in [-0.4, -0.2) is 22.1 Å². The van der Waals surface area contributed by atoms with Crippen molar-refractivity contribution >= 4 is 17.6 Å². The molecule has 1 fully saturated rings. The first-order valence-electron chi connectivity index (χ1n) is 6.80. The van der Waals surface area contributed by atoms with Crippen LogP contribution in [0, 0.1) is 5.82 Å². The molecule has 0 saturated heterocycles. The van der Waals surface area contributed by atoms with E-state index in [-0.39, 0.29) is 17.2 Å². The Kier molecular flexibility index (Phi) is 3.62. The number of aromatic nitrogens is 1. The highest BCUT2D eigenvalue weighted by atomic mass is 19.1. The monoisotopic (exact) mass is 304 g/mol. The number of hydrogen-bond acceptors (Lipinski definition) is 4. The van der Waals surface area contributed by atoms with E-state index >= 15 is 0 Å². The Morgan fingerprint density at radius 2 is 2.18 bits per heavy atom. The van der Waals surface area contributed by atoms with Crippen molar-refractivity contribution in [2.75, 3.05) is 5.32 Å². The molecule has 1 heterocycles. The fraction of sp³-hybridized carbons (Fsp3) is 0.267. The standard InChI is InChI=1S/C15H13FN2O4/c16-12-6-10(4-3-9(12)5-13(19)20)17-15(21)11-7-22-18-14(11)8-1-2-8/h3-4,6-8H,1-2,5H2,(H,17,21)(H,19,20). The molecule has 0 bridgehead atoms. The van der Waals surface area contributed by atoms with Crippen LogP contribution >= 0.6 is 0 Å². The van der Waals surface area contributed by atoms with E-state index < -0.39 is 24.1 Å². The van der Waals surface area contributed by atoms with Gasteiger partial charge in [0.1, 0.15) is 17.6 Å². The van der Waals surface area contributed by atoms with Gasteiger partial charge in [-0.3, -0.25) is 9.59 Å². The number of nitrogens with zero attached hydrogens (tertiary/aromatic N) is 1. The second-order valence-corrected chi connectivity index (χ2v) is 5.22. The Hall–Kier alpha value is -2.70. The summed E-state index contributed by atoms with van der Waals surface area (Å²) in [6, 6.07) is 3.90. The second-order valence-electron chi connectivity index (χ2n) is 5.22. The fourth-order valence-electron chi connectivity index (χ4n) is 2.20. The van der Waals surface area contributed by atoms with E-state index in [4.69, 9.17) is 9.63 Å². The van der Waals surface area contributed by atoms with Crippen LogP contribution in [0.15, 0.2) is 29.0 Å². The first-order chi connectivity index (χ1) is 10.5. The zero-order chi connectivity index (χ0) is 15.7. The summed E-state index contributed by atoms with van der Waals surface area (Å²) in [6.07, 6.45) is 2.83. The molecular formula is C15H13FN2O4. The highest BCUT2D eigenvalue weighted by Gasteiger charge is 2.31. The molecule has 1 aromatic carbocycles. The third-order valence-corrected chi connectivity index (χ3v) is 3.46. The van der Waals surface area contributed by atoms with Crippen molar-refractivity contribution in [2.45, 2.75) is 25.2 Å². The number of benzene rings is 1. The van der Waals surface area contributed by atoms with Crippen molar-refractivity contribution in [2.24, 2.45) is 0 Å². The van der Waals surface area contributed by atoms with E-state index in [1.54, 1.807) is 0 Å². The van der Waals surface area contributed by atoms with Gasteiger partial charge in [-0.25, -0.2) is 4.39 Å². The van der Waals surface area contributed by atoms with Crippen LogP contribution in [0.3, 0.4) is 0 Å². The van der Waals surface area contributed by atoms with Gasteiger partial charge in [-0.15, -0.1) is 0 Å². The highest BCUT2D eigenvalue weighted by molar-refractivity contribution is 6.05. The van der Waals surface area contributed by atoms with Gasteiger partial charge < -0.3 is 14.9 Å². The molecule has 0 unspecified atom stereocenters. The molecule has 6 nitrogen and oxygen atoms in total. The van der Waals surface area contributed by atoms with E-state index in [2.05, 4.69) is 10.5 Å². The summed E-state index contributed by atoms with van der Waals surface area (Å²) >= 11 is 0. The molecule has 0 aliphatic heterocycles. The number of halogens is 1. The number of carbonyl (C=O) groups excluding carboxylic acids is 1. The molecule has 1 aliphatic carbocycles. The second kappa shape index (κ2) is 5.59. The van der Waals surface area contributed by atoms with Gasteiger partial charge in [0.15, 0.2) is 0 Å². The minimum Gasteiger partial charge on any atom is -0.481 e. The Labute approximate surface area is 124 Å². The molecule has 0 spiro atoms. The number of hydrogen-bond donors (Lipinski definition) is 2. The molecule has 1 aromatic heterocycles. The number of carboxylic acid groups (broad SMARTS) is 1. The smallest absolute Gasteiger partial charge is 0.307 e. The Balaban J connectivity index is 1.75. The summed E-state index contributed by atoms with van der Waals surface area (Å²) < 4.78 is 18.6. The predicted octanol–water partition coefficient (Wildman–Crippen LogP) is 2.57. The summed E-state index contributed by atoms with van der Waals surface area (Å²) in [5.41, 5.74) is 1.28. The van der Waals surface area contributed by atoms with Crippen molar-refractivity contribution in [1.29, 1.82) is 0 Å². The third kappa shape index (κ3) is 2.98. The van der Waals surface area contributed by atoms with Crippen LogP contribution in [0.2, 0.25) is 0 Å². The largest absolute Gasteiger partial charge is 0.481 e. The molecular weight excluding hydrogens is 291 g/mol. The minimum absolute atomic E-state index is 0.0640. The maximum Gasteiger partial charge on any atom is 0.307 e. The Morgan fingerprint density at radius 1 is 1.41 bits per heavy atom. The molecule has 1 aliphatic rings. The number of aliphatic carboxylic acids is 1. The van der Waals surface area contributed by atoms with Gasteiger partial charge in [-0.2, -0.15) is 0 Å². The molecule has 2 aromatic rings. The SMILES string of the molecule is O=C(O)Cc1ccc(NC(=O)c2conc2C2CC2)cc1F. The van der Waals surface area contributed by atoms with Crippen molar-refractivity contribution in [3.05, 3.63) is 47.1 Å². The first kappa shape index (κ1) is 14.2. The molecule has 22 heavy (non-hydrogen) atoms. The van der Waals surface area contributed by atoms with E-state index in [1.165, 1.54) is 18.4 Å². The lowest BCUT2D eigenvalue weighted by Gasteiger charge is -2.06. The summed E-state index contributed by atoms with van der Waals surface area (Å²) in [5.74, 6) is -1.95. The van der Waals surface area contributed by atoms with Crippen LogP contribution in [0.1, 0.15) is 40.4 Å². The van der Waals surface area contributed by atoms with Crippen molar-refractivity contribution < 1.29 is 23.6 Å². The minimum atomic E-state index is -1.12. The van der Waals surface area contributed by atoms with Crippen LogP contribution in [0.4, 0.5) is 10.1 Å². The number of amides is 1. The van der Waals surface area contributed by atoms with Gasteiger partial charge in [0.2, 0.25) is 0 Å². The normalized spacial score (nSPS) is 13.9. The van der Waals surface area contributed by atoms with Crippen molar-refractivity contribution in [1.82, 2.24) is 5.16 Å². The molecule has 114 valence electrons. The molecule has 1 amide bonds. The number of anilines is 1. The van der Waals surface area contributed by atoms with Gasteiger partial charge in [-0.05, 0) is 30.5 Å². The summed E-state index contributed by atoms with van der Waals surface area (Å²) in [6.45, 7) is 0. The molecule has 7 heteroatoms. The molecule has 1 saturated carbocycles. The Morgan fingerprint density at radius 3 is 2.82 bits per heavy atom. The summed E-state index contributed by atoms with van der Waals surface area (Å²) in [7, 11) is 0. The van der Waals surface area contributed by atoms with Crippen LogP contribution in [0.5, 0.6) is 0 Å². The van der Waals surface area contributed by atoms with E-state index in [0.717, 1.165) is 18.9 Å². The zero-order valence-electron chi connectivity index (χ0n) is 11.5. The Bertz CT molecular complexity index is 737. The quantitative estimate of drug-likeness (QED) is 0.885. The van der Waals surface area contributed by atoms with E-state index in [1.807, 2.05) is 0 Å².